The Morgan fingerprint density at radius 2 is 1.44 bits per heavy atom. The average molecular weight is 869 g/mol. The molecule has 0 bridgehead atoms. The van der Waals surface area contributed by atoms with E-state index in [-0.39, 0.29) is 24.7 Å². The van der Waals surface area contributed by atoms with Gasteiger partial charge >= 0.3 is 5.97 Å². The predicted molar refractivity (Wildman–Crippen MR) is 229 cm³/mol. The molecule has 3 saturated heterocycles. The molecule has 352 valence electrons. The molecular formula is C46H80N2O13. The molecule has 4 aliphatic heterocycles. The predicted octanol–water partition coefficient (Wildman–Crippen LogP) is 3.34. The monoisotopic (exact) mass is 869 g/mol. The fraction of sp³-hybridized carbons (Fsp3) is 0.870. The average Bonchev–Trinajstić information content (AvgIpc) is 3.19. The van der Waals surface area contributed by atoms with Gasteiger partial charge in [0.2, 0.25) is 0 Å². The van der Waals surface area contributed by atoms with Gasteiger partial charge in [-0.05, 0) is 90.9 Å². The van der Waals surface area contributed by atoms with Gasteiger partial charge in [0.1, 0.15) is 30.5 Å². The Hall–Kier alpha value is -1.86. The Balaban J connectivity index is 1.68. The summed E-state index contributed by atoms with van der Waals surface area (Å²) in [5, 5.41) is 45.3. The number of likely N-dealkylation sites (N-methyl/N-ethyl adjacent to an activating group) is 1. The Bertz CT molecular complexity index is 1420. The van der Waals surface area contributed by atoms with Gasteiger partial charge in [-0.15, -0.1) is 0 Å². The first-order chi connectivity index (χ1) is 28.8. The van der Waals surface area contributed by atoms with Gasteiger partial charge < -0.3 is 63.4 Å². The molecule has 0 aromatic rings. The Labute approximate surface area is 365 Å². The highest BCUT2D eigenvalue weighted by molar-refractivity contribution is 5.91. The normalized spacial score (nSPS) is 43.0. The summed E-state index contributed by atoms with van der Waals surface area (Å²) in [5.74, 6) is -1.46. The van der Waals surface area contributed by atoms with Crippen molar-refractivity contribution in [3.63, 3.8) is 0 Å². The first-order valence-electron chi connectivity index (χ1n) is 22.6. The van der Waals surface area contributed by atoms with Crippen molar-refractivity contribution in [2.75, 3.05) is 54.6 Å². The highest BCUT2D eigenvalue weighted by atomic mass is 16.7. The van der Waals surface area contributed by atoms with Crippen LogP contribution < -0.4 is 0 Å². The maximum absolute atomic E-state index is 14.0. The number of cyclic esters (lactones) is 1. The number of piperidine rings is 1. The van der Waals surface area contributed by atoms with E-state index in [9.17, 15) is 30.0 Å². The van der Waals surface area contributed by atoms with E-state index in [2.05, 4.69) is 18.7 Å². The zero-order valence-corrected chi connectivity index (χ0v) is 38.9. The lowest BCUT2D eigenvalue weighted by atomic mass is 9.79. The van der Waals surface area contributed by atoms with Crippen LogP contribution >= 0.6 is 0 Å². The molecule has 19 atom stereocenters. The summed E-state index contributed by atoms with van der Waals surface area (Å²) in [6.45, 7) is 18.2. The van der Waals surface area contributed by atoms with Crippen molar-refractivity contribution in [2.45, 2.75) is 167 Å². The lowest BCUT2D eigenvalue weighted by Crippen LogP contribution is -2.63. The van der Waals surface area contributed by atoms with E-state index in [0.29, 0.717) is 31.1 Å². The van der Waals surface area contributed by atoms with E-state index in [4.69, 9.17) is 33.2 Å². The molecule has 0 spiro atoms. The van der Waals surface area contributed by atoms with Crippen LogP contribution in [0, 0.1) is 35.5 Å². The number of allylic oxidation sites excluding steroid dienone is 3. The van der Waals surface area contributed by atoms with E-state index in [1.807, 2.05) is 33.8 Å². The third-order valence-electron chi connectivity index (χ3n) is 13.5. The second-order valence-corrected chi connectivity index (χ2v) is 18.9. The molecule has 0 amide bonds. The molecular weight excluding hydrogens is 789 g/mol. The summed E-state index contributed by atoms with van der Waals surface area (Å²) in [4.78, 5) is 32.1. The summed E-state index contributed by atoms with van der Waals surface area (Å²) in [6, 6.07) is -0.684. The number of aliphatic hydroxyl groups is 4. The third kappa shape index (κ3) is 13.8. The lowest BCUT2D eigenvalue weighted by Gasteiger charge is -2.47. The number of carbonyl (C=O) groups is 2. The number of ketones is 1. The summed E-state index contributed by atoms with van der Waals surface area (Å²) in [6.07, 6.45) is -2.96. The van der Waals surface area contributed by atoms with Crippen molar-refractivity contribution in [1.82, 2.24) is 9.80 Å². The van der Waals surface area contributed by atoms with Crippen LogP contribution in [0.2, 0.25) is 0 Å². The van der Waals surface area contributed by atoms with Crippen LogP contribution in [0.5, 0.6) is 0 Å². The number of ether oxygens (including phenoxy) is 7. The Morgan fingerprint density at radius 3 is 2.05 bits per heavy atom. The van der Waals surface area contributed by atoms with Gasteiger partial charge in [0.05, 0.1) is 49.6 Å². The van der Waals surface area contributed by atoms with Gasteiger partial charge in [0.25, 0.3) is 0 Å². The molecule has 0 aromatic carbocycles. The molecule has 4 aliphatic rings. The standard InChI is InChI=1S/C46H80N2O13/c1-13-36-33(24-57-46-44(56-12)43(55-11)40(53)31(8)59-46)19-25(2)14-15-34(49)28(5)20-32(16-17-48-22-26(3)18-27(4)23-48)42(29(6)35(50)21-37(51)60-36)61-45-41(54)38(47(9)10)39(52)30(7)58-45/h14-15,19,26-33,35-36,38-46,50,52-54H,13,16-18,20-24H2,1-12H3/t26?,27?,28-,29+,30-,31-,32+,33-,35?,36-,38+,39-,40-,41-,42-,43-,44-,45+,46-/m1/s1. The van der Waals surface area contributed by atoms with Crippen LogP contribution in [0.4, 0.5) is 0 Å². The maximum atomic E-state index is 14.0. The largest absolute Gasteiger partial charge is 0.462 e. The first-order valence-corrected chi connectivity index (χ1v) is 22.6. The lowest BCUT2D eigenvalue weighted by molar-refractivity contribution is -0.304. The van der Waals surface area contributed by atoms with Gasteiger partial charge in [-0.3, -0.25) is 9.59 Å². The quantitative estimate of drug-likeness (QED) is 0.209. The topological polar surface area (TPSA) is 186 Å². The molecule has 3 fully saturated rings. The van der Waals surface area contributed by atoms with Crippen LogP contribution in [-0.2, 0) is 42.7 Å². The summed E-state index contributed by atoms with van der Waals surface area (Å²) >= 11 is 0. The van der Waals surface area contributed by atoms with Crippen molar-refractivity contribution in [1.29, 1.82) is 0 Å². The van der Waals surface area contributed by atoms with Crippen molar-refractivity contribution < 1.29 is 63.2 Å². The third-order valence-corrected chi connectivity index (χ3v) is 13.5. The molecule has 15 nitrogen and oxygen atoms in total. The van der Waals surface area contributed by atoms with Gasteiger partial charge in [-0.25, -0.2) is 0 Å². The molecule has 0 aromatic heterocycles. The number of rotatable bonds is 12. The Morgan fingerprint density at radius 1 is 0.820 bits per heavy atom. The molecule has 4 rings (SSSR count). The van der Waals surface area contributed by atoms with Gasteiger partial charge in [-0.1, -0.05) is 52.3 Å². The maximum Gasteiger partial charge on any atom is 0.308 e. The van der Waals surface area contributed by atoms with E-state index in [1.54, 1.807) is 45.0 Å². The fourth-order valence-corrected chi connectivity index (χ4v) is 10.0. The minimum absolute atomic E-state index is 0.0427. The van der Waals surface area contributed by atoms with E-state index < -0.39 is 103 Å². The number of carbonyl (C=O) groups excluding carboxylic acids is 2. The summed E-state index contributed by atoms with van der Waals surface area (Å²) in [7, 11) is 6.54. The van der Waals surface area contributed by atoms with Gasteiger partial charge in [0, 0.05) is 45.1 Å². The SMILES string of the molecule is CC[C@H]1OC(=O)CC(O)[C@H](C)[C@@H](O[C@@H]2O[C@H](C)[C@@H](O)[C@H](N(C)C)[C@H]2O)[C@@H](CCN2CC(C)CC(C)C2)C[C@@H](C)C(=O)C=CC(C)=C[C@@H]1CO[C@@H]1O[C@H](C)[C@@H](O)[C@@H](OC)[C@H]1OC. The molecule has 0 radical (unpaired) electrons. The summed E-state index contributed by atoms with van der Waals surface area (Å²) in [5.41, 5.74) is 0.761. The van der Waals surface area contributed by atoms with E-state index >= 15 is 0 Å². The molecule has 15 heteroatoms. The van der Waals surface area contributed by atoms with Crippen LogP contribution in [0.1, 0.15) is 87.5 Å². The second kappa shape index (κ2) is 23.9. The summed E-state index contributed by atoms with van der Waals surface area (Å²) < 4.78 is 42.6. The molecule has 4 heterocycles. The van der Waals surface area contributed by atoms with Crippen LogP contribution in [-0.4, -0.2) is 176 Å². The molecule has 0 saturated carbocycles. The number of hydrogen-bond acceptors (Lipinski definition) is 15. The van der Waals surface area contributed by atoms with E-state index in [1.165, 1.54) is 20.6 Å². The highest BCUT2D eigenvalue weighted by Crippen LogP contribution is 2.36. The molecule has 0 aliphatic carbocycles. The van der Waals surface area contributed by atoms with Crippen LogP contribution in [0.3, 0.4) is 0 Å². The number of nitrogens with zero attached hydrogens (tertiary/aromatic N) is 2. The van der Waals surface area contributed by atoms with Crippen LogP contribution in [0.25, 0.3) is 0 Å². The number of methoxy groups -OCH3 is 2. The second-order valence-electron chi connectivity index (χ2n) is 18.9. The number of hydrogen-bond donors (Lipinski definition) is 4. The number of esters is 1. The van der Waals surface area contributed by atoms with Gasteiger partial charge in [0.15, 0.2) is 18.4 Å². The van der Waals surface area contributed by atoms with Crippen molar-refractivity contribution in [3.8, 4) is 0 Å². The minimum Gasteiger partial charge on any atom is -0.462 e. The van der Waals surface area contributed by atoms with Crippen molar-refractivity contribution >= 4 is 11.8 Å². The molecule has 61 heavy (non-hydrogen) atoms. The highest BCUT2D eigenvalue weighted by Gasteiger charge is 2.48. The number of likely N-dealkylation sites (tertiary alicyclic amines) is 1. The van der Waals surface area contributed by atoms with Crippen LogP contribution in [0.15, 0.2) is 23.8 Å². The zero-order chi connectivity index (χ0) is 45.3. The van der Waals surface area contributed by atoms with Gasteiger partial charge in [-0.2, -0.15) is 0 Å². The minimum atomic E-state index is -1.23. The smallest absolute Gasteiger partial charge is 0.308 e. The fourth-order valence-electron chi connectivity index (χ4n) is 10.0. The van der Waals surface area contributed by atoms with Crippen molar-refractivity contribution in [2.24, 2.45) is 35.5 Å². The Kier molecular flexibility index (Phi) is 20.3. The van der Waals surface area contributed by atoms with E-state index in [0.717, 1.165) is 25.2 Å². The van der Waals surface area contributed by atoms with Crippen molar-refractivity contribution in [3.05, 3.63) is 23.8 Å². The number of aliphatic hydroxyl groups excluding tert-OH is 4. The first kappa shape index (κ1) is 51.8. The molecule has 4 N–H and O–H groups in total. The zero-order valence-electron chi connectivity index (χ0n) is 38.9. The molecule has 3 unspecified atom stereocenters.